The molecule has 2 N–H and O–H groups in total. The highest BCUT2D eigenvalue weighted by Crippen LogP contribution is 2.29. The Balaban J connectivity index is 1.66. The van der Waals surface area contributed by atoms with Crippen LogP contribution in [0.3, 0.4) is 0 Å². The minimum atomic E-state index is -0.777. The summed E-state index contributed by atoms with van der Waals surface area (Å²) < 4.78 is 10.7. The lowest BCUT2D eigenvalue weighted by Crippen LogP contribution is -2.52. The molecule has 1 aliphatic heterocycles. The molecule has 158 valence electrons. The molecule has 2 aromatic rings. The van der Waals surface area contributed by atoms with Gasteiger partial charge in [-0.05, 0) is 42.6 Å². The highest BCUT2D eigenvalue weighted by molar-refractivity contribution is 7.14. The predicted octanol–water partition coefficient (Wildman–Crippen LogP) is 2.59. The number of thiophene rings is 1. The number of rotatable bonds is 7. The Hall–Kier alpha value is -2.45. The first-order valence-corrected chi connectivity index (χ1v) is 10.8. The van der Waals surface area contributed by atoms with Crippen molar-refractivity contribution in [1.82, 2.24) is 10.2 Å². The Morgan fingerprint density at radius 2 is 2.00 bits per heavy atom. The summed E-state index contributed by atoms with van der Waals surface area (Å²) in [5, 5.41) is 17.5. The van der Waals surface area contributed by atoms with Crippen molar-refractivity contribution in [2.45, 2.75) is 13.0 Å². The van der Waals surface area contributed by atoms with Crippen LogP contribution in [0.15, 0.2) is 40.7 Å². The monoisotopic (exact) mass is 418 g/mol. The van der Waals surface area contributed by atoms with Crippen molar-refractivity contribution in [3.05, 3.63) is 41.3 Å². The fraction of sp³-hybridized carbons (Fsp3) is 0.476. The van der Waals surface area contributed by atoms with Gasteiger partial charge in [-0.3, -0.25) is 4.99 Å². The summed E-state index contributed by atoms with van der Waals surface area (Å²) in [4.78, 5) is 9.36. The Morgan fingerprint density at radius 1 is 1.21 bits per heavy atom. The maximum absolute atomic E-state index is 10.7. The van der Waals surface area contributed by atoms with Crippen LogP contribution in [0, 0.1) is 0 Å². The summed E-state index contributed by atoms with van der Waals surface area (Å²) in [6.45, 7) is 6.78. The first-order valence-electron chi connectivity index (χ1n) is 9.88. The number of nitrogens with zero attached hydrogens (tertiary/aromatic N) is 3. The minimum absolute atomic E-state index is 0.247. The first kappa shape index (κ1) is 21.3. The summed E-state index contributed by atoms with van der Waals surface area (Å²) in [7, 11) is 3.20. The number of nitrogens with one attached hydrogen (secondary N) is 1. The second kappa shape index (κ2) is 10.4. The molecule has 1 unspecified atom stereocenters. The summed E-state index contributed by atoms with van der Waals surface area (Å²) >= 11 is 1.77. The van der Waals surface area contributed by atoms with Gasteiger partial charge in [0.05, 0.1) is 25.8 Å². The number of hydrogen-bond donors (Lipinski definition) is 2. The second-order valence-electron chi connectivity index (χ2n) is 6.74. The molecular weight excluding hydrogens is 388 g/mol. The molecule has 1 saturated heterocycles. The number of methoxy groups -OCH3 is 2. The molecule has 1 fully saturated rings. The third kappa shape index (κ3) is 5.33. The SMILES string of the molecule is CCNC(=NCC(O)c1cc(OC)ccc1OC)N1CCN(c2cccs2)CC1. The van der Waals surface area contributed by atoms with Crippen molar-refractivity contribution >= 4 is 22.3 Å². The van der Waals surface area contributed by atoms with Gasteiger partial charge in [0, 0.05) is 38.3 Å². The van der Waals surface area contributed by atoms with Gasteiger partial charge in [-0.25, -0.2) is 0 Å². The van der Waals surface area contributed by atoms with Gasteiger partial charge in [0.15, 0.2) is 5.96 Å². The van der Waals surface area contributed by atoms with Crippen LogP contribution in [0.25, 0.3) is 0 Å². The molecule has 8 heteroatoms. The van der Waals surface area contributed by atoms with Crippen LogP contribution in [0.5, 0.6) is 11.5 Å². The molecule has 1 atom stereocenters. The maximum Gasteiger partial charge on any atom is 0.194 e. The number of guanidine groups is 1. The lowest BCUT2D eigenvalue weighted by molar-refractivity contribution is 0.181. The largest absolute Gasteiger partial charge is 0.497 e. The van der Waals surface area contributed by atoms with Gasteiger partial charge in [0.1, 0.15) is 17.6 Å². The summed E-state index contributed by atoms with van der Waals surface area (Å²) in [5.41, 5.74) is 0.675. The maximum atomic E-state index is 10.7. The van der Waals surface area contributed by atoms with Crippen LogP contribution < -0.4 is 19.7 Å². The molecule has 1 aromatic heterocycles. The van der Waals surface area contributed by atoms with E-state index in [0.717, 1.165) is 38.7 Å². The van der Waals surface area contributed by atoms with Gasteiger partial charge in [-0.1, -0.05) is 0 Å². The molecule has 1 aliphatic rings. The number of aliphatic hydroxyl groups is 1. The minimum Gasteiger partial charge on any atom is -0.497 e. The van der Waals surface area contributed by atoms with E-state index in [-0.39, 0.29) is 6.54 Å². The van der Waals surface area contributed by atoms with E-state index in [9.17, 15) is 5.11 Å². The van der Waals surface area contributed by atoms with Gasteiger partial charge < -0.3 is 29.7 Å². The molecule has 0 amide bonds. The molecule has 1 aromatic carbocycles. The van der Waals surface area contributed by atoms with Crippen molar-refractivity contribution in [2.24, 2.45) is 4.99 Å². The number of anilines is 1. The molecule has 0 bridgehead atoms. The number of hydrogen-bond acceptors (Lipinski definition) is 6. The zero-order chi connectivity index (χ0) is 20.6. The van der Waals surface area contributed by atoms with Gasteiger partial charge in [0.2, 0.25) is 0 Å². The quantitative estimate of drug-likeness (QED) is 0.532. The lowest BCUT2D eigenvalue weighted by atomic mass is 10.1. The van der Waals surface area contributed by atoms with Gasteiger partial charge in [0.25, 0.3) is 0 Å². The van der Waals surface area contributed by atoms with Gasteiger partial charge in [-0.2, -0.15) is 0 Å². The van der Waals surface area contributed by atoms with Crippen molar-refractivity contribution in [3.8, 4) is 11.5 Å². The Kier molecular flexibility index (Phi) is 7.60. The van der Waals surface area contributed by atoms with E-state index in [2.05, 4.69) is 39.6 Å². The van der Waals surface area contributed by atoms with Crippen LogP contribution in [-0.4, -0.2) is 69.5 Å². The molecule has 0 radical (unpaired) electrons. The molecule has 0 spiro atoms. The smallest absolute Gasteiger partial charge is 0.194 e. The lowest BCUT2D eigenvalue weighted by Gasteiger charge is -2.37. The van der Waals surface area contributed by atoms with E-state index in [1.165, 1.54) is 5.00 Å². The summed E-state index contributed by atoms with van der Waals surface area (Å²) in [6.07, 6.45) is -0.777. The molecule has 3 rings (SSSR count). The fourth-order valence-corrected chi connectivity index (χ4v) is 4.17. The normalized spacial score (nSPS) is 15.9. The molecule has 7 nitrogen and oxygen atoms in total. The Labute approximate surface area is 176 Å². The van der Waals surface area contributed by atoms with Crippen molar-refractivity contribution in [1.29, 1.82) is 0 Å². The van der Waals surface area contributed by atoms with Crippen LogP contribution >= 0.6 is 11.3 Å². The van der Waals surface area contributed by atoms with Gasteiger partial charge in [-0.15, -0.1) is 11.3 Å². The van der Waals surface area contributed by atoms with E-state index >= 15 is 0 Å². The molecular formula is C21H30N4O3S. The number of aliphatic hydroxyl groups excluding tert-OH is 1. The topological polar surface area (TPSA) is 69.6 Å². The van der Waals surface area contributed by atoms with E-state index in [0.29, 0.717) is 17.1 Å². The Morgan fingerprint density at radius 3 is 2.62 bits per heavy atom. The molecule has 29 heavy (non-hydrogen) atoms. The van der Waals surface area contributed by atoms with Crippen molar-refractivity contribution in [2.75, 3.05) is 58.4 Å². The second-order valence-corrected chi connectivity index (χ2v) is 7.67. The average Bonchev–Trinajstić information content (AvgIpc) is 3.31. The highest BCUT2D eigenvalue weighted by atomic mass is 32.1. The standard InChI is InChI=1S/C21H30N4O3S/c1-4-22-21(25-11-9-24(10-12-25)20-6-5-13-29-20)23-15-18(26)17-14-16(27-2)7-8-19(17)28-3/h5-8,13-14,18,26H,4,9-12,15H2,1-3H3,(H,22,23). The zero-order valence-electron chi connectivity index (χ0n) is 17.3. The molecule has 0 saturated carbocycles. The fourth-order valence-electron chi connectivity index (χ4n) is 3.39. The van der Waals surface area contributed by atoms with Crippen LogP contribution in [0.2, 0.25) is 0 Å². The average molecular weight is 419 g/mol. The zero-order valence-corrected chi connectivity index (χ0v) is 18.1. The number of piperazine rings is 1. The van der Waals surface area contributed by atoms with Crippen molar-refractivity contribution < 1.29 is 14.6 Å². The summed E-state index contributed by atoms with van der Waals surface area (Å²) in [5.74, 6) is 2.14. The third-order valence-corrected chi connectivity index (χ3v) is 5.87. The number of ether oxygens (including phenoxy) is 2. The highest BCUT2D eigenvalue weighted by Gasteiger charge is 2.21. The van der Waals surface area contributed by atoms with Crippen LogP contribution in [0.4, 0.5) is 5.00 Å². The number of aliphatic imine (C=N–C) groups is 1. The van der Waals surface area contributed by atoms with Crippen LogP contribution in [0.1, 0.15) is 18.6 Å². The molecule has 2 heterocycles. The summed E-state index contributed by atoms with van der Waals surface area (Å²) in [6, 6.07) is 9.67. The van der Waals surface area contributed by atoms with E-state index < -0.39 is 6.10 Å². The first-order chi connectivity index (χ1) is 14.2. The molecule has 0 aliphatic carbocycles. The Bertz CT molecular complexity index is 789. The third-order valence-electron chi connectivity index (χ3n) is 4.94. The number of benzene rings is 1. The predicted molar refractivity (Wildman–Crippen MR) is 119 cm³/mol. The van der Waals surface area contributed by atoms with Crippen LogP contribution in [-0.2, 0) is 0 Å². The van der Waals surface area contributed by atoms with E-state index in [4.69, 9.17) is 14.5 Å². The van der Waals surface area contributed by atoms with Gasteiger partial charge >= 0.3 is 0 Å². The van der Waals surface area contributed by atoms with E-state index in [1.807, 2.05) is 6.07 Å². The van der Waals surface area contributed by atoms with Crippen molar-refractivity contribution in [3.63, 3.8) is 0 Å². The van der Waals surface area contributed by atoms with E-state index in [1.54, 1.807) is 37.7 Å².